The molecule has 34 heavy (non-hydrogen) atoms. The second-order valence-corrected chi connectivity index (χ2v) is 7.54. The Morgan fingerprint density at radius 3 is 1.94 bits per heavy atom. The minimum atomic E-state index is -1.18. The second-order valence-electron chi connectivity index (χ2n) is 7.54. The lowest BCUT2D eigenvalue weighted by Gasteiger charge is -2.26. The van der Waals surface area contributed by atoms with E-state index in [1.165, 1.54) is 31.2 Å². The van der Waals surface area contributed by atoms with Crippen LogP contribution in [0.25, 0.3) is 0 Å². The monoisotopic (exact) mass is 463 g/mol. The number of nitro groups is 1. The number of ketones is 1. The van der Waals surface area contributed by atoms with Crippen LogP contribution in [0.1, 0.15) is 29.7 Å². The van der Waals surface area contributed by atoms with E-state index < -0.39 is 28.9 Å². The molecule has 176 valence electrons. The van der Waals surface area contributed by atoms with Crippen molar-refractivity contribution in [2.24, 2.45) is 0 Å². The fourth-order valence-corrected chi connectivity index (χ4v) is 3.30. The van der Waals surface area contributed by atoms with E-state index in [0.29, 0.717) is 5.56 Å². The van der Waals surface area contributed by atoms with Gasteiger partial charge in [-0.2, -0.15) is 0 Å². The van der Waals surface area contributed by atoms with Gasteiger partial charge < -0.3 is 14.2 Å². The lowest BCUT2D eigenvalue weighted by atomic mass is 10.0. The van der Waals surface area contributed by atoms with Crippen molar-refractivity contribution in [1.82, 2.24) is 0 Å². The molecule has 0 radical (unpaired) electrons. The van der Waals surface area contributed by atoms with Crippen LogP contribution in [0.3, 0.4) is 0 Å². The van der Waals surface area contributed by atoms with Crippen LogP contribution >= 0.6 is 0 Å². The van der Waals surface area contributed by atoms with E-state index in [0.717, 1.165) is 11.1 Å². The quantitative estimate of drug-likeness (QED) is 0.220. The number of carbonyl (C=O) groups excluding carboxylic acids is 2. The predicted octanol–water partition coefficient (Wildman–Crippen LogP) is 4.57. The maximum atomic E-state index is 13.2. The van der Waals surface area contributed by atoms with Crippen LogP contribution in [0.5, 0.6) is 0 Å². The molecule has 0 heterocycles. The Morgan fingerprint density at radius 2 is 1.41 bits per heavy atom. The predicted molar refractivity (Wildman–Crippen MR) is 124 cm³/mol. The third-order valence-corrected chi connectivity index (χ3v) is 4.95. The Balaban J connectivity index is 1.81. The van der Waals surface area contributed by atoms with Crippen molar-refractivity contribution in [2.75, 3.05) is 6.61 Å². The van der Waals surface area contributed by atoms with Crippen molar-refractivity contribution in [3.63, 3.8) is 0 Å². The fourth-order valence-electron chi connectivity index (χ4n) is 3.30. The highest BCUT2D eigenvalue weighted by Gasteiger charge is 2.33. The van der Waals surface area contributed by atoms with Gasteiger partial charge in [-0.1, -0.05) is 60.7 Å². The maximum Gasteiger partial charge on any atom is 0.303 e. The maximum absolute atomic E-state index is 13.2. The number of esters is 1. The van der Waals surface area contributed by atoms with Crippen molar-refractivity contribution in [3.8, 4) is 0 Å². The van der Waals surface area contributed by atoms with Gasteiger partial charge in [0, 0.05) is 19.1 Å². The normalized spacial score (nSPS) is 12.5. The second kappa shape index (κ2) is 12.4. The fraction of sp³-hybridized carbons (Fsp3) is 0.231. The molecule has 8 heteroatoms. The van der Waals surface area contributed by atoms with Crippen LogP contribution in [-0.2, 0) is 37.0 Å². The number of nitrogens with zero attached hydrogens (tertiary/aromatic N) is 1. The van der Waals surface area contributed by atoms with E-state index in [1.807, 2.05) is 60.7 Å². The highest BCUT2D eigenvalue weighted by Crippen LogP contribution is 2.27. The Labute approximate surface area is 197 Å². The molecule has 2 atom stereocenters. The van der Waals surface area contributed by atoms with Gasteiger partial charge in [0.1, 0.15) is 6.61 Å². The molecule has 0 spiro atoms. The minimum Gasteiger partial charge on any atom is -0.454 e. The molecule has 0 saturated carbocycles. The Morgan fingerprint density at radius 1 is 0.853 bits per heavy atom. The summed E-state index contributed by atoms with van der Waals surface area (Å²) < 4.78 is 17.0. The van der Waals surface area contributed by atoms with Crippen LogP contribution in [0.15, 0.2) is 84.9 Å². The third-order valence-electron chi connectivity index (χ3n) is 4.95. The number of benzene rings is 3. The number of rotatable bonds is 12. The van der Waals surface area contributed by atoms with Crippen LogP contribution in [0.4, 0.5) is 5.69 Å². The van der Waals surface area contributed by atoms with Crippen molar-refractivity contribution in [2.45, 2.75) is 32.3 Å². The number of carbonyl (C=O) groups is 2. The van der Waals surface area contributed by atoms with Gasteiger partial charge >= 0.3 is 5.97 Å². The molecule has 0 unspecified atom stereocenters. The van der Waals surface area contributed by atoms with Gasteiger partial charge in [0.2, 0.25) is 0 Å². The van der Waals surface area contributed by atoms with Crippen LogP contribution in [-0.4, -0.2) is 29.4 Å². The molecule has 3 rings (SSSR count). The lowest BCUT2D eigenvalue weighted by Crippen LogP contribution is -2.36. The number of hydrogen-bond acceptors (Lipinski definition) is 7. The van der Waals surface area contributed by atoms with Gasteiger partial charge in [-0.05, 0) is 28.8 Å². The molecule has 8 nitrogen and oxygen atoms in total. The first-order chi connectivity index (χ1) is 16.4. The summed E-state index contributed by atoms with van der Waals surface area (Å²) in [4.78, 5) is 35.5. The van der Waals surface area contributed by atoms with Gasteiger partial charge in [0.25, 0.3) is 5.69 Å². The number of non-ortho nitro benzene ring substituents is 1. The van der Waals surface area contributed by atoms with Crippen LogP contribution in [0.2, 0.25) is 0 Å². The number of Topliss-reactive ketones (excluding diaryl/α,β-unsaturated/α-hetero) is 1. The van der Waals surface area contributed by atoms with Gasteiger partial charge in [-0.3, -0.25) is 19.7 Å². The standard InChI is InChI=1S/C26H25NO7/c1-19(28)34-25(22-12-14-23(15-13-22)27(30)31)26(33-17-21-10-6-3-7-11-21)24(29)18-32-16-20-8-4-2-5-9-20/h2-15,25-26H,16-18H2,1H3/t25-,26-/m0/s1. The summed E-state index contributed by atoms with van der Waals surface area (Å²) in [5.41, 5.74) is 2.01. The van der Waals surface area contributed by atoms with E-state index in [2.05, 4.69) is 0 Å². The van der Waals surface area contributed by atoms with Crippen LogP contribution in [0, 0.1) is 10.1 Å². The zero-order chi connectivity index (χ0) is 24.3. The third kappa shape index (κ3) is 7.33. The minimum absolute atomic E-state index is 0.0979. The van der Waals surface area contributed by atoms with Crippen molar-refractivity contribution in [1.29, 1.82) is 0 Å². The summed E-state index contributed by atoms with van der Waals surface area (Å²) in [5, 5.41) is 11.0. The van der Waals surface area contributed by atoms with E-state index in [4.69, 9.17) is 14.2 Å². The molecule has 3 aromatic carbocycles. The van der Waals surface area contributed by atoms with Crippen LogP contribution < -0.4 is 0 Å². The summed E-state index contributed by atoms with van der Waals surface area (Å²) in [7, 11) is 0. The zero-order valence-corrected chi connectivity index (χ0v) is 18.7. The average molecular weight is 463 g/mol. The molecule has 0 aliphatic carbocycles. The molecule has 0 saturated heterocycles. The van der Waals surface area contributed by atoms with Gasteiger partial charge in [-0.25, -0.2) is 0 Å². The van der Waals surface area contributed by atoms with Gasteiger partial charge in [0.05, 0.1) is 18.1 Å². The van der Waals surface area contributed by atoms with Crippen molar-refractivity contribution < 1.29 is 28.7 Å². The first-order valence-corrected chi connectivity index (χ1v) is 10.7. The molecule has 0 aliphatic rings. The molecule has 0 bridgehead atoms. The SMILES string of the molecule is CC(=O)O[C@@H](c1ccc([N+](=O)[O-])cc1)[C@@H](OCc1ccccc1)C(=O)COCc1ccccc1. The molecule has 3 aromatic rings. The molecule has 0 aliphatic heterocycles. The number of ether oxygens (including phenoxy) is 3. The average Bonchev–Trinajstić information content (AvgIpc) is 2.84. The zero-order valence-electron chi connectivity index (χ0n) is 18.7. The van der Waals surface area contributed by atoms with Crippen molar-refractivity contribution >= 4 is 17.4 Å². The van der Waals surface area contributed by atoms with E-state index >= 15 is 0 Å². The Hall–Kier alpha value is -3.88. The smallest absolute Gasteiger partial charge is 0.303 e. The summed E-state index contributed by atoms with van der Waals surface area (Å²) >= 11 is 0. The van der Waals surface area contributed by atoms with Gasteiger partial charge in [-0.15, -0.1) is 0 Å². The Bertz CT molecular complexity index is 1090. The summed E-state index contributed by atoms with van der Waals surface area (Å²) in [6.45, 7) is 1.29. The molecular weight excluding hydrogens is 438 g/mol. The number of hydrogen-bond donors (Lipinski definition) is 0. The molecule has 0 aromatic heterocycles. The largest absolute Gasteiger partial charge is 0.454 e. The topological polar surface area (TPSA) is 105 Å². The summed E-state index contributed by atoms with van der Waals surface area (Å²) in [5.74, 6) is -1.04. The highest BCUT2D eigenvalue weighted by atomic mass is 16.6. The summed E-state index contributed by atoms with van der Waals surface area (Å²) in [6, 6.07) is 24.1. The van der Waals surface area contributed by atoms with E-state index in [-0.39, 0.29) is 25.5 Å². The molecule has 0 amide bonds. The first kappa shape index (κ1) is 24.8. The van der Waals surface area contributed by atoms with Gasteiger partial charge in [0.15, 0.2) is 18.0 Å². The highest BCUT2D eigenvalue weighted by molar-refractivity contribution is 5.85. The van der Waals surface area contributed by atoms with E-state index in [9.17, 15) is 19.7 Å². The molecule has 0 fully saturated rings. The number of nitro benzene ring substituents is 1. The van der Waals surface area contributed by atoms with E-state index in [1.54, 1.807) is 0 Å². The summed E-state index contributed by atoms with van der Waals surface area (Å²) in [6.07, 6.45) is -2.28. The first-order valence-electron chi connectivity index (χ1n) is 10.7. The molecule has 0 N–H and O–H groups in total. The molecular formula is C26H25NO7. The Kier molecular flexibility index (Phi) is 9.02. The lowest BCUT2D eigenvalue weighted by molar-refractivity contribution is -0.384. The van der Waals surface area contributed by atoms with Crippen molar-refractivity contribution in [3.05, 3.63) is 112 Å².